The zero-order valence-corrected chi connectivity index (χ0v) is 15.2. The molecule has 0 N–H and O–H groups in total. The van der Waals surface area contributed by atoms with Gasteiger partial charge in [0.25, 0.3) is 5.78 Å². The number of hydrogen-bond acceptors (Lipinski definition) is 5. The third kappa shape index (κ3) is 3.22. The minimum atomic E-state index is 0.0920. The molecule has 4 rings (SSSR count). The van der Waals surface area contributed by atoms with Gasteiger partial charge in [0.15, 0.2) is 0 Å². The van der Waals surface area contributed by atoms with Crippen LogP contribution >= 0.6 is 11.6 Å². The van der Waals surface area contributed by atoms with Crippen molar-refractivity contribution in [3.05, 3.63) is 52.9 Å². The van der Waals surface area contributed by atoms with Crippen molar-refractivity contribution >= 4 is 29.1 Å². The highest BCUT2D eigenvalue weighted by Gasteiger charge is 2.26. The van der Waals surface area contributed by atoms with Crippen LogP contribution in [-0.4, -0.2) is 50.0 Å². The Balaban J connectivity index is 1.53. The van der Waals surface area contributed by atoms with Crippen molar-refractivity contribution in [2.75, 3.05) is 24.5 Å². The molecule has 1 aromatic carbocycles. The number of carbonyl (C=O) groups excluding carboxylic acids is 1. The van der Waals surface area contributed by atoms with Crippen LogP contribution in [0, 0.1) is 0 Å². The molecule has 0 bridgehead atoms. The van der Waals surface area contributed by atoms with Gasteiger partial charge in [0, 0.05) is 36.4 Å². The van der Waals surface area contributed by atoms with Gasteiger partial charge in [0.05, 0.1) is 6.54 Å². The van der Waals surface area contributed by atoms with Gasteiger partial charge in [-0.05, 0) is 24.1 Å². The van der Waals surface area contributed by atoms with Crippen molar-refractivity contribution in [1.82, 2.24) is 24.5 Å². The standard InChI is InChI=1S/C18H19ClN6O/c1-2-15-9-16(25-18(22-15)20-12-21-25)23-7-8-24(17(26)11-23)10-13-3-5-14(19)6-4-13/h3-6,9,12H,2,7-8,10-11H2,1H3. The summed E-state index contributed by atoms with van der Waals surface area (Å²) in [6.07, 6.45) is 2.30. The van der Waals surface area contributed by atoms with E-state index in [4.69, 9.17) is 11.6 Å². The SMILES string of the molecule is CCc1cc(N2CCN(Cc3ccc(Cl)cc3)C(=O)C2)n2ncnc2n1. The van der Waals surface area contributed by atoms with Crippen LogP contribution in [0.15, 0.2) is 36.7 Å². The van der Waals surface area contributed by atoms with Crippen LogP contribution in [0.5, 0.6) is 0 Å². The van der Waals surface area contributed by atoms with Crippen molar-refractivity contribution in [2.45, 2.75) is 19.9 Å². The number of anilines is 1. The number of amides is 1. The summed E-state index contributed by atoms with van der Waals surface area (Å²) >= 11 is 5.93. The monoisotopic (exact) mass is 370 g/mol. The first-order chi connectivity index (χ1) is 12.6. The van der Waals surface area contributed by atoms with E-state index in [1.54, 1.807) is 4.52 Å². The van der Waals surface area contributed by atoms with Crippen LogP contribution < -0.4 is 4.90 Å². The van der Waals surface area contributed by atoms with E-state index < -0.39 is 0 Å². The van der Waals surface area contributed by atoms with Gasteiger partial charge in [0.2, 0.25) is 5.91 Å². The molecule has 7 nitrogen and oxygen atoms in total. The molecule has 0 spiro atoms. The summed E-state index contributed by atoms with van der Waals surface area (Å²) in [6, 6.07) is 9.60. The number of aromatic nitrogens is 4. The van der Waals surface area contributed by atoms with E-state index >= 15 is 0 Å². The van der Waals surface area contributed by atoms with Crippen molar-refractivity contribution in [2.24, 2.45) is 0 Å². The maximum absolute atomic E-state index is 12.7. The molecule has 1 aliphatic heterocycles. The van der Waals surface area contributed by atoms with Gasteiger partial charge < -0.3 is 9.80 Å². The first-order valence-corrected chi connectivity index (χ1v) is 8.98. The number of hydrogen-bond donors (Lipinski definition) is 0. The van der Waals surface area contributed by atoms with E-state index in [-0.39, 0.29) is 5.91 Å². The number of aryl methyl sites for hydroxylation is 1. The van der Waals surface area contributed by atoms with Crippen LogP contribution in [0.25, 0.3) is 5.78 Å². The first-order valence-electron chi connectivity index (χ1n) is 8.61. The second-order valence-corrected chi connectivity index (χ2v) is 6.73. The molecular formula is C18H19ClN6O. The molecule has 3 aromatic rings. The van der Waals surface area contributed by atoms with Crippen LogP contribution in [0.4, 0.5) is 5.82 Å². The molecule has 1 aliphatic rings. The summed E-state index contributed by atoms with van der Waals surface area (Å²) in [5.41, 5.74) is 2.02. The highest BCUT2D eigenvalue weighted by molar-refractivity contribution is 6.30. The largest absolute Gasteiger partial charge is 0.345 e. The van der Waals surface area contributed by atoms with E-state index in [1.165, 1.54) is 6.33 Å². The Bertz CT molecular complexity index is 939. The molecule has 0 radical (unpaired) electrons. The second-order valence-electron chi connectivity index (χ2n) is 6.29. The number of halogens is 1. The van der Waals surface area contributed by atoms with Crippen LogP contribution in [-0.2, 0) is 17.8 Å². The number of benzene rings is 1. The molecule has 3 heterocycles. The maximum Gasteiger partial charge on any atom is 0.254 e. The van der Waals surface area contributed by atoms with E-state index in [9.17, 15) is 4.79 Å². The average molecular weight is 371 g/mol. The van der Waals surface area contributed by atoms with Gasteiger partial charge in [-0.15, -0.1) is 0 Å². The van der Waals surface area contributed by atoms with Gasteiger partial charge >= 0.3 is 0 Å². The number of fused-ring (bicyclic) bond motifs is 1. The maximum atomic E-state index is 12.7. The molecule has 0 atom stereocenters. The first kappa shape index (κ1) is 16.8. The van der Waals surface area contributed by atoms with Crippen molar-refractivity contribution in [1.29, 1.82) is 0 Å². The topological polar surface area (TPSA) is 66.6 Å². The van der Waals surface area contributed by atoms with Gasteiger partial charge in [0.1, 0.15) is 12.1 Å². The molecule has 8 heteroatoms. The molecule has 0 saturated carbocycles. The lowest BCUT2D eigenvalue weighted by atomic mass is 10.2. The lowest BCUT2D eigenvalue weighted by molar-refractivity contribution is -0.131. The Labute approximate surface area is 156 Å². The quantitative estimate of drug-likeness (QED) is 0.704. The summed E-state index contributed by atoms with van der Waals surface area (Å²) in [5, 5.41) is 4.95. The molecule has 1 saturated heterocycles. The molecule has 0 unspecified atom stereocenters. The third-order valence-electron chi connectivity index (χ3n) is 4.58. The fraction of sp³-hybridized carbons (Fsp3) is 0.333. The smallest absolute Gasteiger partial charge is 0.254 e. The minimum absolute atomic E-state index is 0.0920. The summed E-state index contributed by atoms with van der Waals surface area (Å²) < 4.78 is 1.70. The zero-order valence-electron chi connectivity index (χ0n) is 14.5. The summed E-state index contributed by atoms with van der Waals surface area (Å²) in [4.78, 5) is 25.2. The Morgan fingerprint density at radius 2 is 2.00 bits per heavy atom. The third-order valence-corrected chi connectivity index (χ3v) is 4.83. The molecule has 1 amide bonds. The number of nitrogens with zero attached hydrogens (tertiary/aromatic N) is 6. The van der Waals surface area contributed by atoms with Crippen molar-refractivity contribution in [3.63, 3.8) is 0 Å². The van der Waals surface area contributed by atoms with Gasteiger partial charge in [-0.25, -0.2) is 4.98 Å². The summed E-state index contributed by atoms with van der Waals surface area (Å²) in [7, 11) is 0. The molecule has 26 heavy (non-hydrogen) atoms. The Morgan fingerprint density at radius 3 is 2.73 bits per heavy atom. The van der Waals surface area contributed by atoms with Crippen molar-refractivity contribution < 1.29 is 4.79 Å². The van der Waals surface area contributed by atoms with Crippen LogP contribution in [0.1, 0.15) is 18.2 Å². The summed E-state index contributed by atoms with van der Waals surface area (Å²) in [6.45, 7) is 4.35. The number of carbonyl (C=O) groups is 1. The van der Waals surface area contributed by atoms with E-state index in [0.29, 0.717) is 30.4 Å². The van der Waals surface area contributed by atoms with Gasteiger partial charge in [-0.1, -0.05) is 30.7 Å². The van der Waals surface area contributed by atoms with Crippen LogP contribution in [0.2, 0.25) is 5.02 Å². The van der Waals surface area contributed by atoms with Crippen LogP contribution in [0.3, 0.4) is 0 Å². The van der Waals surface area contributed by atoms with E-state index in [2.05, 4.69) is 15.1 Å². The Kier molecular flexibility index (Phi) is 4.46. The average Bonchev–Trinajstić information content (AvgIpc) is 3.13. The molecule has 2 aromatic heterocycles. The Hall–Kier alpha value is -2.67. The molecule has 1 fully saturated rings. The molecule has 134 valence electrons. The lowest BCUT2D eigenvalue weighted by Crippen LogP contribution is -2.50. The number of rotatable bonds is 4. The molecule has 0 aliphatic carbocycles. The fourth-order valence-electron chi connectivity index (χ4n) is 3.13. The minimum Gasteiger partial charge on any atom is -0.345 e. The fourth-order valence-corrected chi connectivity index (χ4v) is 3.26. The Morgan fingerprint density at radius 1 is 1.19 bits per heavy atom. The zero-order chi connectivity index (χ0) is 18.1. The van der Waals surface area contributed by atoms with Crippen molar-refractivity contribution in [3.8, 4) is 0 Å². The van der Waals surface area contributed by atoms with Gasteiger partial charge in [-0.2, -0.15) is 14.6 Å². The van der Waals surface area contributed by atoms with E-state index in [1.807, 2.05) is 47.1 Å². The normalized spacial score (nSPS) is 15.1. The van der Waals surface area contributed by atoms with Gasteiger partial charge in [-0.3, -0.25) is 4.79 Å². The predicted molar refractivity (Wildman–Crippen MR) is 99.2 cm³/mol. The summed E-state index contributed by atoms with van der Waals surface area (Å²) in [5.74, 6) is 1.52. The second kappa shape index (κ2) is 6.92. The van der Waals surface area contributed by atoms with E-state index in [0.717, 1.165) is 30.0 Å². The highest BCUT2D eigenvalue weighted by atomic mass is 35.5. The lowest BCUT2D eigenvalue weighted by Gasteiger charge is -2.35. The number of piperazine rings is 1. The highest BCUT2D eigenvalue weighted by Crippen LogP contribution is 2.20. The molecular weight excluding hydrogens is 352 g/mol. The predicted octanol–water partition coefficient (Wildman–Crippen LogP) is 2.19.